The predicted molar refractivity (Wildman–Crippen MR) is 119 cm³/mol. The van der Waals surface area contributed by atoms with Gasteiger partial charge in [-0.1, -0.05) is 12.1 Å². The Hall–Kier alpha value is -0.910. The quantitative estimate of drug-likeness (QED) is 0.353. The van der Waals surface area contributed by atoms with E-state index in [2.05, 4.69) is 19.9 Å². The number of nitrogens with zero attached hydrogens (tertiary/aromatic N) is 2. The average molecular weight is 520 g/mol. The Balaban J connectivity index is 0.00000225. The summed E-state index contributed by atoms with van der Waals surface area (Å²) in [4.78, 5) is 7.04. The van der Waals surface area contributed by atoms with Crippen LogP contribution >= 0.6 is 24.0 Å². The fourth-order valence-electron chi connectivity index (χ4n) is 3.88. The van der Waals surface area contributed by atoms with Gasteiger partial charge >= 0.3 is 0 Å². The Labute approximate surface area is 184 Å². The number of benzene rings is 1. The largest absolute Gasteiger partial charge is 0.381 e. The van der Waals surface area contributed by atoms with E-state index < -0.39 is 10.0 Å². The molecule has 3 fully saturated rings. The summed E-state index contributed by atoms with van der Waals surface area (Å²) in [6, 6.07) is 7.18. The third kappa shape index (κ3) is 4.98. The summed E-state index contributed by atoms with van der Waals surface area (Å²) in [7, 11) is -1.59. The first-order valence-corrected chi connectivity index (χ1v) is 11.1. The molecule has 1 aromatic carbocycles. The molecule has 2 heterocycles. The first-order chi connectivity index (χ1) is 13.0. The molecule has 1 unspecified atom stereocenters. The van der Waals surface area contributed by atoms with E-state index in [9.17, 15) is 8.42 Å². The molecule has 0 aromatic heterocycles. The van der Waals surface area contributed by atoms with Gasteiger partial charge in [-0.25, -0.2) is 13.1 Å². The minimum absolute atomic E-state index is 0. The van der Waals surface area contributed by atoms with Crippen LogP contribution in [0.1, 0.15) is 31.2 Å². The Kier molecular flexibility index (Phi) is 6.88. The molecule has 4 rings (SSSR count). The standard InChI is InChI=1S/C19H28N4O3S.HI/c1-20-18(23-10-8-19(13-23)9-11-26-14-19)21-12-15-2-6-17(7-3-15)27(24,25)22-16-4-5-16;/h2-3,6-7,16,22H,4-5,8-14H2,1H3,(H,20,21);1H. The van der Waals surface area contributed by atoms with Gasteiger partial charge < -0.3 is 15.0 Å². The van der Waals surface area contributed by atoms with Gasteiger partial charge in [0.15, 0.2) is 5.96 Å². The van der Waals surface area contributed by atoms with Crippen molar-refractivity contribution < 1.29 is 13.2 Å². The summed E-state index contributed by atoms with van der Waals surface area (Å²) in [5.41, 5.74) is 1.32. The molecule has 0 radical (unpaired) electrons. The number of ether oxygens (including phenoxy) is 1. The van der Waals surface area contributed by atoms with Gasteiger partial charge in [0, 0.05) is 44.7 Å². The molecule has 1 saturated carbocycles. The van der Waals surface area contributed by atoms with E-state index in [1.54, 1.807) is 19.2 Å². The van der Waals surface area contributed by atoms with Crippen LogP contribution in [0.2, 0.25) is 0 Å². The van der Waals surface area contributed by atoms with Crippen molar-refractivity contribution in [3.63, 3.8) is 0 Å². The van der Waals surface area contributed by atoms with Crippen molar-refractivity contribution in [2.24, 2.45) is 10.4 Å². The molecule has 28 heavy (non-hydrogen) atoms. The zero-order valence-electron chi connectivity index (χ0n) is 16.2. The number of hydrogen-bond acceptors (Lipinski definition) is 4. The fourth-order valence-corrected chi connectivity index (χ4v) is 5.18. The monoisotopic (exact) mass is 520 g/mol. The summed E-state index contributed by atoms with van der Waals surface area (Å²) in [5.74, 6) is 0.894. The highest BCUT2D eigenvalue weighted by atomic mass is 127. The number of halogens is 1. The van der Waals surface area contributed by atoms with Crippen LogP contribution in [0.25, 0.3) is 0 Å². The molecule has 1 aliphatic carbocycles. The highest BCUT2D eigenvalue weighted by Crippen LogP contribution is 2.38. The van der Waals surface area contributed by atoms with Crippen molar-refractivity contribution in [3.8, 4) is 0 Å². The third-order valence-corrected chi connectivity index (χ3v) is 7.25. The number of guanidine groups is 1. The molecule has 7 nitrogen and oxygen atoms in total. The number of sulfonamides is 1. The molecule has 2 saturated heterocycles. The molecule has 0 amide bonds. The molecule has 2 aliphatic heterocycles. The number of likely N-dealkylation sites (tertiary alicyclic amines) is 1. The van der Waals surface area contributed by atoms with E-state index in [0.29, 0.717) is 16.9 Å². The highest BCUT2D eigenvalue weighted by Gasteiger charge is 2.42. The van der Waals surface area contributed by atoms with Crippen LogP contribution in [0, 0.1) is 5.41 Å². The summed E-state index contributed by atoms with van der Waals surface area (Å²) in [5, 5.41) is 3.40. The lowest BCUT2D eigenvalue weighted by Crippen LogP contribution is -2.41. The second kappa shape index (κ2) is 8.85. The molecule has 3 aliphatic rings. The Morgan fingerprint density at radius 2 is 2.04 bits per heavy atom. The number of aliphatic imine (C=N–C) groups is 1. The fraction of sp³-hybridized carbons (Fsp3) is 0.632. The summed E-state index contributed by atoms with van der Waals surface area (Å²) >= 11 is 0. The molecule has 1 aromatic rings. The van der Waals surface area contributed by atoms with Crippen molar-refractivity contribution in [2.75, 3.05) is 33.4 Å². The molecule has 2 N–H and O–H groups in total. The summed E-state index contributed by atoms with van der Waals surface area (Å²) < 4.78 is 32.8. The molecule has 1 atom stereocenters. The maximum atomic E-state index is 12.2. The van der Waals surface area contributed by atoms with E-state index >= 15 is 0 Å². The van der Waals surface area contributed by atoms with Gasteiger partial charge in [0.25, 0.3) is 0 Å². The molecular formula is C19H29IN4O3S. The lowest BCUT2D eigenvalue weighted by atomic mass is 9.87. The first kappa shape index (κ1) is 21.8. The molecule has 0 bridgehead atoms. The predicted octanol–water partition coefficient (Wildman–Crippen LogP) is 1.93. The van der Waals surface area contributed by atoms with Crippen LogP contribution in [-0.2, 0) is 21.3 Å². The second-order valence-corrected chi connectivity index (χ2v) is 9.63. The van der Waals surface area contributed by atoms with E-state index in [0.717, 1.165) is 63.5 Å². The van der Waals surface area contributed by atoms with Crippen molar-refractivity contribution in [3.05, 3.63) is 29.8 Å². The molecular weight excluding hydrogens is 491 g/mol. The minimum Gasteiger partial charge on any atom is -0.381 e. The number of hydrogen-bond donors (Lipinski definition) is 2. The zero-order chi connectivity index (χ0) is 18.9. The van der Waals surface area contributed by atoms with Gasteiger partial charge in [-0.05, 0) is 43.4 Å². The van der Waals surface area contributed by atoms with Crippen molar-refractivity contribution in [1.29, 1.82) is 0 Å². The van der Waals surface area contributed by atoms with Gasteiger partial charge in [0.1, 0.15) is 0 Å². The smallest absolute Gasteiger partial charge is 0.240 e. The molecule has 156 valence electrons. The Morgan fingerprint density at radius 1 is 1.29 bits per heavy atom. The van der Waals surface area contributed by atoms with Crippen LogP contribution in [0.15, 0.2) is 34.2 Å². The number of nitrogens with one attached hydrogen (secondary N) is 2. The van der Waals surface area contributed by atoms with Gasteiger partial charge in [0.05, 0.1) is 11.5 Å². The lowest BCUT2D eigenvalue weighted by molar-refractivity contribution is 0.156. The van der Waals surface area contributed by atoms with E-state index in [1.165, 1.54) is 0 Å². The third-order valence-electron chi connectivity index (χ3n) is 5.72. The van der Waals surface area contributed by atoms with Gasteiger partial charge in [-0.3, -0.25) is 4.99 Å². The van der Waals surface area contributed by atoms with Crippen LogP contribution in [0.3, 0.4) is 0 Å². The van der Waals surface area contributed by atoms with E-state index in [-0.39, 0.29) is 30.0 Å². The minimum atomic E-state index is -3.39. The van der Waals surface area contributed by atoms with E-state index in [1.807, 2.05) is 12.1 Å². The first-order valence-electron chi connectivity index (χ1n) is 9.64. The van der Waals surface area contributed by atoms with Gasteiger partial charge in [-0.2, -0.15) is 0 Å². The van der Waals surface area contributed by atoms with Crippen molar-refractivity contribution >= 4 is 40.0 Å². The maximum Gasteiger partial charge on any atom is 0.240 e. The van der Waals surface area contributed by atoms with Crippen molar-refractivity contribution in [1.82, 2.24) is 14.9 Å². The van der Waals surface area contributed by atoms with Crippen LogP contribution < -0.4 is 10.0 Å². The van der Waals surface area contributed by atoms with E-state index in [4.69, 9.17) is 4.74 Å². The molecule has 9 heteroatoms. The van der Waals surface area contributed by atoms with Gasteiger partial charge in [0.2, 0.25) is 10.0 Å². The summed E-state index contributed by atoms with van der Waals surface area (Å²) in [6.07, 6.45) is 4.15. The van der Waals surface area contributed by atoms with Crippen LogP contribution in [0.4, 0.5) is 0 Å². The van der Waals surface area contributed by atoms with Gasteiger partial charge in [-0.15, -0.1) is 24.0 Å². The van der Waals surface area contributed by atoms with Crippen molar-refractivity contribution in [2.45, 2.75) is 43.2 Å². The Bertz CT molecular complexity index is 803. The normalized spacial score (nSPS) is 25.2. The SMILES string of the molecule is CN=C(NCc1ccc(S(=O)(=O)NC2CC2)cc1)N1CCC2(CCOC2)C1.I. The van der Waals surface area contributed by atoms with Crippen LogP contribution in [-0.4, -0.2) is 58.7 Å². The van der Waals surface area contributed by atoms with Crippen LogP contribution in [0.5, 0.6) is 0 Å². The highest BCUT2D eigenvalue weighted by molar-refractivity contribution is 14.0. The zero-order valence-corrected chi connectivity index (χ0v) is 19.3. The number of rotatable bonds is 5. The average Bonchev–Trinajstić information content (AvgIpc) is 3.18. The second-order valence-electron chi connectivity index (χ2n) is 7.91. The maximum absolute atomic E-state index is 12.2. The molecule has 1 spiro atoms. The topological polar surface area (TPSA) is 83.0 Å². The lowest BCUT2D eigenvalue weighted by Gasteiger charge is -2.25. The summed E-state index contributed by atoms with van der Waals surface area (Å²) in [6.45, 7) is 4.31. The Morgan fingerprint density at radius 3 is 2.64 bits per heavy atom.